The van der Waals surface area contributed by atoms with Crippen LogP contribution in [-0.4, -0.2) is 13.2 Å². The molecule has 0 bridgehead atoms. The average Bonchev–Trinajstić information content (AvgIpc) is 2.36. The first-order chi connectivity index (χ1) is 9.08. The second-order valence-corrected chi connectivity index (χ2v) is 5.78. The molecule has 4 heteroatoms. The van der Waals surface area contributed by atoms with Gasteiger partial charge in [-0.3, -0.25) is 0 Å². The van der Waals surface area contributed by atoms with E-state index in [0.29, 0.717) is 25.7 Å². The SMILES string of the molecule is CCOc1cc(CN)cc(Br)c1OCCCC(C)C. The van der Waals surface area contributed by atoms with Gasteiger partial charge in [-0.2, -0.15) is 0 Å². The molecule has 1 rings (SSSR count). The fourth-order valence-electron chi connectivity index (χ4n) is 1.81. The summed E-state index contributed by atoms with van der Waals surface area (Å²) < 4.78 is 12.4. The van der Waals surface area contributed by atoms with Crippen molar-refractivity contribution in [3.05, 3.63) is 22.2 Å². The quantitative estimate of drug-likeness (QED) is 0.729. The second kappa shape index (κ2) is 8.43. The predicted molar refractivity (Wildman–Crippen MR) is 82.8 cm³/mol. The Bertz CT molecular complexity index is 394. The highest BCUT2D eigenvalue weighted by molar-refractivity contribution is 9.10. The predicted octanol–water partition coefficient (Wildman–Crippen LogP) is 4.12. The Kier molecular flexibility index (Phi) is 7.24. The first-order valence-electron chi connectivity index (χ1n) is 6.86. The Hall–Kier alpha value is -0.740. The molecule has 0 aliphatic carbocycles. The van der Waals surface area contributed by atoms with Crippen molar-refractivity contribution in [1.82, 2.24) is 0 Å². The minimum Gasteiger partial charge on any atom is -0.490 e. The number of halogens is 1. The van der Waals surface area contributed by atoms with Crippen molar-refractivity contribution < 1.29 is 9.47 Å². The van der Waals surface area contributed by atoms with E-state index in [1.165, 1.54) is 6.42 Å². The molecule has 0 radical (unpaired) electrons. The van der Waals surface area contributed by atoms with Gasteiger partial charge in [-0.25, -0.2) is 0 Å². The highest BCUT2D eigenvalue weighted by Gasteiger charge is 2.11. The summed E-state index contributed by atoms with van der Waals surface area (Å²) in [4.78, 5) is 0. The molecule has 3 nitrogen and oxygen atoms in total. The van der Waals surface area contributed by atoms with Crippen molar-refractivity contribution in [2.45, 2.75) is 40.2 Å². The summed E-state index contributed by atoms with van der Waals surface area (Å²) in [6, 6.07) is 3.94. The highest BCUT2D eigenvalue weighted by atomic mass is 79.9. The Morgan fingerprint density at radius 2 is 2.00 bits per heavy atom. The van der Waals surface area contributed by atoms with Gasteiger partial charge >= 0.3 is 0 Å². The number of benzene rings is 1. The van der Waals surface area contributed by atoms with Gasteiger partial charge < -0.3 is 15.2 Å². The lowest BCUT2D eigenvalue weighted by Gasteiger charge is -2.15. The Balaban J connectivity index is 2.74. The lowest BCUT2D eigenvalue weighted by atomic mass is 10.1. The minimum absolute atomic E-state index is 0.492. The van der Waals surface area contributed by atoms with Gasteiger partial charge in [0.25, 0.3) is 0 Å². The van der Waals surface area contributed by atoms with Crippen LogP contribution in [0.5, 0.6) is 11.5 Å². The zero-order chi connectivity index (χ0) is 14.3. The maximum atomic E-state index is 5.86. The molecule has 0 saturated carbocycles. The van der Waals surface area contributed by atoms with Crippen molar-refractivity contribution >= 4 is 15.9 Å². The molecule has 0 aromatic heterocycles. The fraction of sp³-hybridized carbons (Fsp3) is 0.600. The van der Waals surface area contributed by atoms with Gasteiger partial charge in [-0.1, -0.05) is 13.8 Å². The van der Waals surface area contributed by atoms with E-state index < -0.39 is 0 Å². The van der Waals surface area contributed by atoms with Crippen molar-refractivity contribution in [3.8, 4) is 11.5 Å². The summed E-state index contributed by atoms with van der Waals surface area (Å²) in [6.07, 6.45) is 2.22. The van der Waals surface area contributed by atoms with Crippen LogP contribution < -0.4 is 15.2 Å². The molecule has 0 aliphatic rings. The largest absolute Gasteiger partial charge is 0.490 e. The third kappa shape index (κ3) is 5.41. The van der Waals surface area contributed by atoms with E-state index >= 15 is 0 Å². The maximum Gasteiger partial charge on any atom is 0.175 e. The molecule has 0 fully saturated rings. The van der Waals surface area contributed by atoms with Crippen LogP contribution in [-0.2, 0) is 6.54 Å². The van der Waals surface area contributed by atoms with E-state index in [1.54, 1.807) is 0 Å². The van der Waals surface area contributed by atoms with E-state index in [9.17, 15) is 0 Å². The van der Waals surface area contributed by atoms with Crippen molar-refractivity contribution in [2.75, 3.05) is 13.2 Å². The summed E-state index contributed by atoms with van der Waals surface area (Å²) in [5, 5.41) is 0. The van der Waals surface area contributed by atoms with Crippen LogP contribution in [0.1, 0.15) is 39.2 Å². The monoisotopic (exact) mass is 329 g/mol. The van der Waals surface area contributed by atoms with Gasteiger partial charge in [0.1, 0.15) is 0 Å². The molecular formula is C15H24BrNO2. The Morgan fingerprint density at radius 1 is 1.26 bits per heavy atom. The summed E-state index contributed by atoms with van der Waals surface area (Å²) in [5.74, 6) is 2.25. The molecule has 0 amide bonds. The van der Waals surface area contributed by atoms with E-state index in [0.717, 1.165) is 28.0 Å². The van der Waals surface area contributed by atoms with Gasteiger partial charge in [0.05, 0.1) is 17.7 Å². The van der Waals surface area contributed by atoms with Crippen LogP contribution in [0.4, 0.5) is 0 Å². The lowest BCUT2D eigenvalue weighted by molar-refractivity contribution is 0.265. The van der Waals surface area contributed by atoms with Crippen LogP contribution in [0.2, 0.25) is 0 Å². The Morgan fingerprint density at radius 3 is 2.58 bits per heavy atom. The van der Waals surface area contributed by atoms with Gasteiger partial charge in [-0.05, 0) is 59.3 Å². The molecular weight excluding hydrogens is 306 g/mol. The summed E-state index contributed by atoms with van der Waals surface area (Å²) in [6.45, 7) is 8.22. The van der Waals surface area contributed by atoms with Crippen LogP contribution in [0.15, 0.2) is 16.6 Å². The summed E-state index contributed by atoms with van der Waals surface area (Å²) in [7, 11) is 0. The van der Waals surface area contributed by atoms with E-state index in [2.05, 4.69) is 29.8 Å². The summed E-state index contributed by atoms with van der Waals surface area (Å²) >= 11 is 3.53. The van der Waals surface area contributed by atoms with Crippen molar-refractivity contribution in [2.24, 2.45) is 11.7 Å². The van der Waals surface area contributed by atoms with E-state index in [4.69, 9.17) is 15.2 Å². The maximum absolute atomic E-state index is 5.86. The molecule has 0 heterocycles. The number of ether oxygens (including phenoxy) is 2. The van der Waals surface area contributed by atoms with Gasteiger partial charge in [-0.15, -0.1) is 0 Å². The number of hydrogen-bond acceptors (Lipinski definition) is 3. The summed E-state index contributed by atoms with van der Waals surface area (Å²) in [5.41, 5.74) is 6.70. The standard InChI is InChI=1S/C15H24BrNO2/c1-4-18-14-9-12(10-17)8-13(16)15(14)19-7-5-6-11(2)3/h8-9,11H,4-7,10,17H2,1-3H3. The van der Waals surface area contributed by atoms with Gasteiger partial charge in [0, 0.05) is 6.54 Å². The van der Waals surface area contributed by atoms with Crippen LogP contribution in [0, 0.1) is 5.92 Å². The number of hydrogen-bond donors (Lipinski definition) is 1. The molecule has 0 atom stereocenters. The molecule has 19 heavy (non-hydrogen) atoms. The third-order valence-electron chi connectivity index (χ3n) is 2.78. The van der Waals surface area contributed by atoms with Crippen LogP contribution in [0.3, 0.4) is 0 Å². The average molecular weight is 330 g/mol. The lowest BCUT2D eigenvalue weighted by Crippen LogP contribution is -2.05. The molecule has 108 valence electrons. The Labute approximate surface area is 124 Å². The zero-order valence-corrected chi connectivity index (χ0v) is 13.6. The van der Waals surface area contributed by atoms with Crippen molar-refractivity contribution in [3.63, 3.8) is 0 Å². The molecule has 0 aliphatic heterocycles. The van der Waals surface area contributed by atoms with E-state index in [1.807, 2.05) is 19.1 Å². The van der Waals surface area contributed by atoms with Crippen molar-refractivity contribution in [1.29, 1.82) is 0 Å². The topological polar surface area (TPSA) is 44.5 Å². The smallest absolute Gasteiger partial charge is 0.175 e. The molecule has 1 aromatic rings. The highest BCUT2D eigenvalue weighted by Crippen LogP contribution is 2.37. The molecule has 0 spiro atoms. The number of rotatable bonds is 8. The normalized spacial score (nSPS) is 10.8. The zero-order valence-electron chi connectivity index (χ0n) is 12.0. The van der Waals surface area contributed by atoms with Gasteiger partial charge in [0.15, 0.2) is 11.5 Å². The molecule has 1 aromatic carbocycles. The first-order valence-corrected chi connectivity index (χ1v) is 7.65. The number of nitrogens with two attached hydrogens (primary N) is 1. The van der Waals surface area contributed by atoms with E-state index in [-0.39, 0.29) is 0 Å². The first kappa shape index (κ1) is 16.3. The second-order valence-electron chi connectivity index (χ2n) is 4.93. The third-order valence-corrected chi connectivity index (χ3v) is 3.37. The molecule has 0 unspecified atom stereocenters. The van der Waals surface area contributed by atoms with Crippen LogP contribution in [0.25, 0.3) is 0 Å². The fourth-order valence-corrected chi connectivity index (χ4v) is 2.41. The molecule has 2 N–H and O–H groups in total. The van der Waals surface area contributed by atoms with Crippen LogP contribution >= 0.6 is 15.9 Å². The van der Waals surface area contributed by atoms with Gasteiger partial charge in [0.2, 0.25) is 0 Å². The minimum atomic E-state index is 0.492. The molecule has 0 saturated heterocycles.